The third-order valence-corrected chi connectivity index (χ3v) is 5.63. The summed E-state index contributed by atoms with van der Waals surface area (Å²) >= 11 is 3.97. The summed E-state index contributed by atoms with van der Waals surface area (Å²) in [5, 5.41) is -1.58. The number of hydrogen-bond donors (Lipinski definition) is 0. The number of halogens is 4. The number of hydrogen-bond acceptors (Lipinski definition) is 3. The van der Waals surface area contributed by atoms with Crippen LogP contribution < -0.4 is 0 Å². The minimum Gasteiger partial charge on any atom is -0.357 e. The lowest BCUT2D eigenvalue weighted by Crippen LogP contribution is -2.49. The van der Waals surface area contributed by atoms with Gasteiger partial charge in [-0.05, 0) is 18.6 Å². The molecule has 2 rings (SSSR count). The Balaban J connectivity index is 2.42. The molecule has 0 spiro atoms. The largest absolute Gasteiger partial charge is 0.429 e. The maximum absolute atomic E-state index is 13.9. The maximum atomic E-state index is 13.9. The normalized spacial score (nSPS) is 15.4. The van der Waals surface area contributed by atoms with Crippen molar-refractivity contribution in [2.24, 2.45) is 0 Å². The molecule has 0 unspecified atom stereocenters. The van der Waals surface area contributed by atoms with Gasteiger partial charge in [0.1, 0.15) is 0 Å². The van der Waals surface area contributed by atoms with Gasteiger partial charge in [-0.15, -0.1) is 0 Å². The van der Waals surface area contributed by atoms with E-state index in [1.54, 1.807) is 37.3 Å². The van der Waals surface area contributed by atoms with Crippen LogP contribution in [-0.2, 0) is 15.1 Å². The molecule has 0 aromatic heterocycles. The molecule has 2 aromatic carbocycles. The minimum absolute atomic E-state index is 0.234. The standard InChI is InChI=1S/C18H16BrF3O2S/c1-12(14-10-6-7-11-15(14)19)25-16(23)17(24-2,18(20,21)22)13-8-4-3-5-9-13/h3-12H,1-2H3/t12-,17+/m0/s1. The Hall–Kier alpha value is -1.31. The van der Waals surface area contributed by atoms with Crippen LogP contribution in [0.2, 0.25) is 0 Å². The second kappa shape index (κ2) is 7.93. The Morgan fingerprint density at radius 1 is 1.08 bits per heavy atom. The van der Waals surface area contributed by atoms with E-state index in [9.17, 15) is 18.0 Å². The smallest absolute Gasteiger partial charge is 0.357 e. The average Bonchev–Trinajstić information content (AvgIpc) is 2.56. The molecular formula is C18H16BrF3O2S. The molecule has 0 radical (unpaired) electrons. The fourth-order valence-electron chi connectivity index (χ4n) is 2.50. The molecule has 0 heterocycles. The zero-order valence-electron chi connectivity index (χ0n) is 13.5. The van der Waals surface area contributed by atoms with Crippen LogP contribution in [0, 0.1) is 0 Å². The first kappa shape index (κ1) is 20.0. The van der Waals surface area contributed by atoms with Gasteiger partial charge in [0, 0.05) is 22.4 Å². The zero-order valence-corrected chi connectivity index (χ0v) is 15.9. The highest BCUT2D eigenvalue weighted by molar-refractivity contribution is 9.10. The van der Waals surface area contributed by atoms with Crippen LogP contribution in [0.1, 0.15) is 23.3 Å². The molecule has 0 aliphatic carbocycles. The summed E-state index contributed by atoms with van der Waals surface area (Å²) in [7, 11) is 0.905. The van der Waals surface area contributed by atoms with Crippen LogP contribution in [0.5, 0.6) is 0 Å². The van der Waals surface area contributed by atoms with Gasteiger partial charge < -0.3 is 4.74 Å². The molecule has 0 N–H and O–H groups in total. The summed E-state index contributed by atoms with van der Waals surface area (Å²) in [6.07, 6.45) is -4.89. The number of carbonyl (C=O) groups is 1. The summed E-state index contributed by atoms with van der Waals surface area (Å²) in [5.74, 6) is 0. The number of methoxy groups -OCH3 is 1. The highest BCUT2D eigenvalue weighted by atomic mass is 79.9. The fourth-order valence-corrected chi connectivity index (χ4v) is 4.41. The van der Waals surface area contributed by atoms with Crippen LogP contribution in [-0.4, -0.2) is 18.4 Å². The van der Waals surface area contributed by atoms with E-state index in [1.807, 2.05) is 0 Å². The Labute approximate surface area is 156 Å². The van der Waals surface area contributed by atoms with Gasteiger partial charge in [-0.2, -0.15) is 13.2 Å². The van der Waals surface area contributed by atoms with Crippen molar-refractivity contribution in [3.63, 3.8) is 0 Å². The fraction of sp³-hybridized carbons (Fsp3) is 0.278. The molecule has 25 heavy (non-hydrogen) atoms. The van der Waals surface area contributed by atoms with Crippen LogP contribution >= 0.6 is 27.7 Å². The number of ether oxygens (including phenoxy) is 1. The molecule has 0 fully saturated rings. The SMILES string of the molecule is CO[C@@](C(=O)S[C@@H](C)c1ccccc1Br)(c1ccccc1)C(F)(F)F. The first-order chi connectivity index (χ1) is 11.7. The van der Waals surface area contributed by atoms with Crippen molar-refractivity contribution in [1.29, 1.82) is 0 Å². The second-order valence-electron chi connectivity index (χ2n) is 5.32. The lowest BCUT2D eigenvalue weighted by Gasteiger charge is -2.33. The van der Waals surface area contributed by atoms with E-state index >= 15 is 0 Å². The van der Waals surface area contributed by atoms with Gasteiger partial charge in [0.2, 0.25) is 5.12 Å². The van der Waals surface area contributed by atoms with Crippen molar-refractivity contribution in [3.05, 3.63) is 70.2 Å². The van der Waals surface area contributed by atoms with Gasteiger partial charge in [0.25, 0.3) is 5.60 Å². The molecule has 0 aliphatic heterocycles. The predicted octanol–water partition coefficient (Wildman–Crippen LogP) is 5.87. The van der Waals surface area contributed by atoms with E-state index in [4.69, 9.17) is 4.74 Å². The molecule has 0 saturated heterocycles. The molecule has 7 heteroatoms. The molecule has 0 saturated carbocycles. The van der Waals surface area contributed by atoms with Crippen molar-refractivity contribution in [2.45, 2.75) is 24.0 Å². The lowest BCUT2D eigenvalue weighted by atomic mass is 9.94. The van der Waals surface area contributed by atoms with E-state index in [0.29, 0.717) is 11.8 Å². The van der Waals surface area contributed by atoms with Gasteiger partial charge in [-0.25, -0.2) is 0 Å². The van der Waals surface area contributed by atoms with Crippen LogP contribution in [0.15, 0.2) is 59.1 Å². The molecule has 2 aromatic rings. The zero-order chi connectivity index (χ0) is 18.7. The van der Waals surface area contributed by atoms with E-state index in [2.05, 4.69) is 15.9 Å². The number of carbonyl (C=O) groups excluding carboxylic acids is 1. The third-order valence-electron chi connectivity index (χ3n) is 3.80. The second-order valence-corrected chi connectivity index (χ2v) is 7.49. The van der Waals surface area contributed by atoms with Gasteiger partial charge in [-0.1, -0.05) is 76.2 Å². The Bertz CT molecular complexity index is 737. The van der Waals surface area contributed by atoms with Gasteiger partial charge >= 0.3 is 6.18 Å². The molecule has 134 valence electrons. The summed E-state index contributed by atoms with van der Waals surface area (Å²) in [6.45, 7) is 1.68. The van der Waals surface area contributed by atoms with E-state index in [0.717, 1.165) is 17.1 Å². The summed E-state index contributed by atoms with van der Waals surface area (Å²) < 4.78 is 47.2. The molecule has 0 aliphatic rings. The molecule has 2 nitrogen and oxygen atoms in total. The van der Waals surface area contributed by atoms with Crippen molar-refractivity contribution in [1.82, 2.24) is 0 Å². The van der Waals surface area contributed by atoms with Gasteiger partial charge in [0.15, 0.2) is 0 Å². The van der Waals surface area contributed by atoms with E-state index in [-0.39, 0.29) is 5.56 Å². The third kappa shape index (κ3) is 3.93. The molecule has 0 bridgehead atoms. The van der Waals surface area contributed by atoms with Gasteiger partial charge in [-0.3, -0.25) is 4.79 Å². The first-order valence-electron chi connectivity index (χ1n) is 7.37. The van der Waals surface area contributed by atoms with Crippen LogP contribution in [0.25, 0.3) is 0 Å². The topological polar surface area (TPSA) is 26.3 Å². The Morgan fingerprint density at radius 3 is 2.16 bits per heavy atom. The first-order valence-corrected chi connectivity index (χ1v) is 9.04. The maximum Gasteiger partial charge on any atom is 0.429 e. The van der Waals surface area contributed by atoms with Crippen molar-refractivity contribution in [3.8, 4) is 0 Å². The van der Waals surface area contributed by atoms with Crippen molar-refractivity contribution < 1.29 is 22.7 Å². The van der Waals surface area contributed by atoms with E-state index < -0.39 is 22.1 Å². The summed E-state index contributed by atoms with van der Waals surface area (Å²) in [4.78, 5) is 12.7. The van der Waals surface area contributed by atoms with Crippen LogP contribution in [0.4, 0.5) is 13.2 Å². The Kier molecular flexibility index (Phi) is 6.35. The van der Waals surface area contributed by atoms with Crippen molar-refractivity contribution in [2.75, 3.05) is 7.11 Å². The monoisotopic (exact) mass is 432 g/mol. The summed E-state index contributed by atoms with van der Waals surface area (Å²) in [5.41, 5.74) is -2.50. The lowest BCUT2D eigenvalue weighted by molar-refractivity contribution is -0.260. The highest BCUT2D eigenvalue weighted by Crippen LogP contribution is 2.48. The average molecular weight is 433 g/mol. The summed E-state index contributed by atoms with van der Waals surface area (Å²) in [6, 6.07) is 14.1. The molecule has 0 amide bonds. The number of rotatable bonds is 5. The van der Waals surface area contributed by atoms with E-state index in [1.165, 1.54) is 24.3 Å². The number of thioether (sulfide) groups is 1. The number of benzene rings is 2. The molecular weight excluding hydrogens is 417 g/mol. The molecule has 2 atom stereocenters. The van der Waals surface area contributed by atoms with Crippen LogP contribution in [0.3, 0.4) is 0 Å². The highest BCUT2D eigenvalue weighted by Gasteiger charge is 2.62. The van der Waals surface area contributed by atoms with Gasteiger partial charge in [0.05, 0.1) is 0 Å². The Morgan fingerprint density at radius 2 is 1.64 bits per heavy atom. The minimum atomic E-state index is -4.89. The van der Waals surface area contributed by atoms with Crippen molar-refractivity contribution >= 4 is 32.8 Å². The quantitative estimate of drug-likeness (QED) is 0.590. The number of alkyl halides is 3. The predicted molar refractivity (Wildman–Crippen MR) is 96.3 cm³/mol.